The predicted molar refractivity (Wildman–Crippen MR) is 103 cm³/mol. The predicted octanol–water partition coefficient (Wildman–Crippen LogP) is 3.64. The number of benzene rings is 2. The van der Waals surface area contributed by atoms with E-state index in [9.17, 15) is 19.7 Å². The van der Waals surface area contributed by atoms with E-state index in [0.717, 1.165) is 23.3 Å². The largest absolute Gasteiger partial charge is 0.447 e. The van der Waals surface area contributed by atoms with Gasteiger partial charge in [-0.05, 0) is 24.1 Å². The Morgan fingerprint density at radius 1 is 0.966 bits per heavy atom. The molecule has 0 unspecified atom stereocenters. The molecule has 1 aromatic heterocycles. The van der Waals surface area contributed by atoms with E-state index in [0.29, 0.717) is 0 Å². The molecule has 0 aliphatic carbocycles. The third-order valence-corrected chi connectivity index (χ3v) is 4.18. The first-order valence-electron chi connectivity index (χ1n) is 8.81. The smallest absolute Gasteiger partial charge is 0.433 e. The van der Waals surface area contributed by atoms with Crippen LogP contribution in [0.3, 0.4) is 0 Å². The SMILES string of the molecule is C[C@H](OC(=O)c1ccc([N+](=O)[O-])o1)C(=O)NC(c1ccccc1)c1ccccc1. The van der Waals surface area contributed by atoms with E-state index in [1.807, 2.05) is 60.7 Å². The highest BCUT2D eigenvalue weighted by molar-refractivity contribution is 5.90. The van der Waals surface area contributed by atoms with Gasteiger partial charge in [-0.25, -0.2) is 4.79 Å². The molecule has 148 valence electrons. The van der Waals surface area contributed by atoms with Crippen molar-refractivity contribution in [3.8, 4) is 0 Å². The minimum Gasteiger partial charge on any atom is -0.447 e. The van der Waals surface area contributed by atoms with Crippen molar-refractivity contribution in [3.05, 3.63) is 99.8 Å². The van der Waals surface area contributed by atoms with Crippen molar-refractivity contribution < 1.29 is 23.7 Å². The van der Waals surface area contributed by atoms with E-state index < -0.39 is 34.8 Å². The van der Waals surface area contributed by atoms with Crippen molar-refractivity contribution in [2.24, 2.45) is 0 Å². The number of carbonyl (C=O) groups excluding carboxylic acids is 2. The third-order valence-electron chi connectivity index (χ3n) is 4.18. The first-order valence-corrected chi connectivity index (χ1v) is 8.81. The van der Waals surface area contributed by atoms with Gasteiger partial charge in [0.25, 0.3) is 5.91 Å². The standard InChI is InChI=1S/C21H18N2O6/c1-14(28-21(25)17-12-13-18(29-17)23(26)27)20(24)22-19(15-8-4-2-5-9-15)16-10-6-3-7-11-16/h2-14,19H,1H3,(H,22,24)/t14-/m0/s1. The first-order chi connectivity index (χ1) is 14.0. The first kappa shape index (κ1) is 19.8. The zero-order valence-electron chi connectivity index (χ0n) is 15.5. The molecule has 1 heterocycles. The molecule has 0 aliphatic heterocycles. The van der Waals surface area contributed by atoms with Crippen LogP contribution in [-0.2, 0) is 9.53 Å². The summed E-state index contributed by atoms with van der Waals surface area (Å²) in [7, 11) is 0. The van der Waals surface area contributed by atoms with Gasteiger partial charge in [0.1, 0.15) is 4.92 Å². The zero-order chi connectivity index (χ0) is 20.8. The molecule has 29 heavy (non-hydrogen) atoms. The second kappa shape index (κ2) is 8.83. The molecule has 1 amide bonds. The number of esters is 1. The van der Waals surface area contributed by atoms with Gasteiger partial charge in [0, 0.05) is 0 Å². The summed E-state index contributed by atoms with van der Waals surface area (Å²) in [5.41, 5.74) is 1.74. The van der Waals surface area contributed by atoms with Gasteiger partial charge in [-0.1, -0.05) is 60.7 Å². The fourth-order valence-electron chi connectivity index (χ4n) is 2.72. The van der Waals surface area contributed by atoms with Gasteiger partial charge in [-0.15, -0.1) is 0 Å². The van der Waals surface area contributed by atoms with Crippen LogP contribution in [-0.4, -0.2) is 22.9 Å². The van der Waals surface area contributed by atoms with E-state index in [4.69, 9.17) is 9.15 Å². The second-order valence-corrected chi connectivity index (χ2v) is 6.21. The van der Waals surface area contributed by atoms with Gasteiger partial charge >= 0.3 is 11.9 Å². The van der Waals surface area contributed by atoms with Gasteiger partial charge in [0.15, 0.2) is 6.10 Å². The molecule has 0 radical (unpaired) electrons. The molecule has 0 fully saturated rings. The lowest BCUT2D eigenvalue weighted by Gasteiger charge is -2.22. The minimum absolute atomic E-state index is 0.348. The molecular weight excluding hydrogens is 376 g/mol. The number of carbonyl (C=O) groups is 2. The summed E-state index contributed by atoms with van der Waals surface area (Å²) in [4.78, 5) is 34.6. The Morgan fingerprint density at radius 3 is 2.00 bits per heavy atom. The quantitative estimate of drug-likeness (QED) is 0.372. The van der Waals surface area contributed by atoms with Crippen LogP contribution in [0.15, 0.2) is 77.2 Å². The van der Waals surface area contributed by atoms with Crippen molar-refractivity contribution in [1.82, 2.24) is 5.32 Å². The van der Waals surface area contributed by atoms with Gasteiger partial charge in [0.05, 0.1) is 12.1 Å². The Morgan fingerprint density at radius 2 is 1.52 bits per heavy atom. The van der Waals surface area contributed by atoms with Crippen molar-refractivity contribution >= 4 is 17.8 Å². The van der Waals surface area contributed by atoms with Gasteiger partial charge in [-0.2, -0.15) is 0 Å². The number of amides is 1. The minimum atomic E-state index is -1.14. The molecule has 3 aromatic rings. The summed E-state index contributed by atoms with van der Waals surface area (Å²) in [6, 6.07) is 20.5. The highest BCUT2D eigenvalue weighted by atomic mass is 16.7. The van der Waals surface area contributed by atoms with Crippen LogP contribution < -0.4 is 5.32 Å². The molecule has 1 N–H and O–H groups in total. The number of nitro groups is 1. The van der Waals surface area contributed by atoms with E-state index in [-0.39, 0.29) is 5.76 Å². The molecule has 3 rings (SSSR count). The van der Waals surface area contributed by atoms with Crippen LogP contribution >= 0.6 is 0 Å². The van der Waals surface area contributed by atoms with Crippen molar-refractivity contribution in [2.75, 3.05) is 0 Å². The Labute approximate surface area is 166 Å². The molecule has 8 heteroatoms. The molecule has 0 aliphatic rings. The normalized spacial score (nSPS) is 11.7. The second-order valence-electron chi connectivity index (χ2n) is 6.21. The summed E-state index contributed by atoms with van der Waals surface area (Å²) < 4.78 is 9.90. The van der Waals surface area contributed by atoms with E-state index >= 15 is 0 Å². The number of ether oxygens (including phenoxy) is 1. The lowest BCUT2D eigenvalue weighted by atomic mass is 9.98. The number of furan rings is 1. The molecule has 1 atom stereocenters. The van der Waals surface area contributed by atoms with Gasteiger partial charge in [-0.3, -0.25) is 14.9 Å². The maximum absolute atomic E-state index is 12.7. The molecule has 0 saturated carbocycles. The van der Waals surface area contributed by atoms with Crippen LogP contribution in [0.5, 0.6) is 0 Å². The zero-order valence-corrected chi connectivity index (χ0v) is 15.5. The Bertz CT molecular complexity index is 961. The summed E-state index contributed by atoms with van der Waals surface area (Å²) in [5.74, 6) is -2.41. The van der Waals surface area contributed by atoms with Crippen LogP contribution in [0.4, 0.5) is 5.88 Å². The van der Waals surface area contributed by atoms with Crippen LogP contribution in [0.1, 0.15) is 34.6 Å². The Hall–Kier alpha value is -3.94. The maximum Gasteiger partial charge on any atom is 0.433 e. The Balaban J connectivity index is 1.72. The summed E-state index contributed by atoms with van der Waals surface area (Å²) >= 11 is 0. The lowest BCUT2D eigenvalue weighted by molar-refractivity contribution is -0.402. The van der Waals surface area contributed by atoms with E-state index in [2.05, 4.69) is 5.32 Å². The fourth-order valence-corrected chi connectivity index (χ4v) is 2.72. The highest BCUT2D eigenvalue weighted by Gasteiger charge is 2.26. The van der Waals surface area contributed by atoms with Crippen LogP contribution in [0.25, 0.3) is 0 Å². The molecule has 0 bridgehead atoms. The maximum atomic E-state index is 12.7. The van der Waals surface area contributed by atoms with Crippen molar-refractivity contribution in [3.63, 3.8) is 0 Å². The summed E-state index contributed by atoms with van der Waals surface area (Å²) in [5, 5.41) is 13.5. The molecule has 0 spiro atoms. The lowest BCUT2D eigenvalue weighted by Crippen LogP contribution is -2.38. The highest BCUT2D eigenvalue weighted by Crippen LogP contribution is 2.22. The molecule has 0 saturated heterocycles. The number of hydrogen-bond donors (Lipinski definition) is 1. The summed E-state index contributed by atoms with van der Waals surface area (Å²) in [6.07, 6.45) is -1.14. The Kier molecular flexibility index (Phi) is 6.03. The topological polar surface area (TPSA) is 112 Å². The van der Waals surface area contributed by atoms with Crippen LogP contribution in [0, 0.1) is 10.1 Å². The van der Waals surface area contributed by atoms with Gasteiger partial charge in [0.2, 0.25) is 5.76 Å². The molecule has 2 aromatic carbocycles. The monoisotopic (exact) mass is 394 g/mol. The number of hydrogen-bond acceptors (Lipinski definition) is 6. The van der Waals surface area contributed by atoms with Crippen molar-refractivity contribution in [1.29, 1.82) is 0 Å². The van der Waals surface area contributed by atoms with Gasteiger partial charge < -0.3 is 14.5 Å². The number of nitrogens with zero attached hydrogens (tertiary/aromatic N) is 1. The average Bonchev–Trinajstić information content (AvgIpc) is 3.24. The number of nitrogens with one attached hydrogen (secondary N) is 1. The van der Waals surface area contributed by atoms with E-state index in [1.165, 1.54) is 6.92 Å². The molecular formula is C21H18N2O6. The van der Waals surface area contributed by atoms with Crippen molar-refractivity contribution in [2.45, 2.75) is 19.1 Å². The summed E-state index contributed by atoms with van der Waals surface area (Å²) in [6.45, 7) is 1.41. The van der Waals surface area contributed by atoms with E-state index in [1.54, 1.807) is 0 Å². The molecule has 8 nitrogen and oxygen atoms in total. The third kappa shape index (κ3) is 4.86. The fraction of sp³-hybridized carbons (Fsp3) is 0.143. The van der Waals surface area contributed by atoms with Crippen LogP contribution in [0.2, 0.25) is 0 Å². The average molecular weight is 394 g/mol. The number of rotatable bonds is 7.